The largest absolute Gasteiger partial charge is 0.0648 e. The standard InChI is InChI=1S/C15H22/c1-4-12-11-15(5-2,6-3)14-10-8-7-9-13(12)14/h7-10,12H,4-6,11H2,1-3H3. The van der Waals surface area contributed by atoms with Crippen molar-refractivity contribution in [1.29, 1.82) is 0 Å². The van der Waals surface area contributed by atoms with Gasteiger partial charge in [0.1, 0.15) is 0 Å². The molecule has 1 aromatic carbocycles. The Bertz CT molecular complexity index is 334. The normalized spacial score (nSPS) is 22.7. The van der Waals surface area contributed by atoms with E-state index in [0.29, 0.717) is 5.41 Å². The van der Waals surface area contributed by atoms with Gasteiger partial charge in [0.15, 0.2) is 0 Å². The van der Waals surface area contributed by atoms with Crippen molar-refractivity contribution < 1.29 is 0 Å². The molecule has 0 saturated heterocycles. The van der Waals surface area contributed by atoms with E-state index in [9.17, 15) is 0 Å². The van der Waals surface area contributed by atoms with E-state index in [2.05, 4.69) is 45.0 Å². The quantitative estimate of drug-likeness (QED) is 0.669. The van der Waals surface area contributed by atoms with Crippen molar-refractivity contribution in [3.05, 3.63) is 35.4 Å². The maximum atomic E-state index is 2.36. The van der Waals surface area contributed by atoms with Crippen LogP contribution in [0.4, 0.5) is 0 Å². The summed E-state index contributed by atoms with van der Waals surface area (Å²) < 4.78 is 0. The molecule has 0 bridgehead atoms. The topological polar surface area (TPSA) is 0 Å². The van der Waals surface area contributed by atoms with Gasteiger partial charge in [-0.3, -0.25) is 0 Å². The van der Waals surface area contributed by atoms with Crippen molar-refractivity contribution in [2.24, 2.45) is 0 Å². The Balaban J connectivity index is 2.49. The lowest BCUT2D eigenvalue weighted by molar-refractivity contribution is 0.367. The summed E-state index contributed by atoms with van der Waals surface area (Å²) >= 11 is 0. The lowest BCUT2D eigenvalue weighted by Gasteiger charge is -2.28. The molecule has 1 unspecified atom stereocenters. The van der Waals surface area contributed by atoms with Crippen molar-refractivity contribution in [3.63, 3.8) is 0 Å². The average molecular weight is 202 g/mol. The van der Waals surface area contributed by atoms with Crippen LogP contribution in [0.3, 0.4) is 0 Å². The second-order valence-electron chi connectivity index (χ2n) is 4.88. The summed E-state index contributed by atoms with van der Waals surface area (Å²) in [6.45, 7) is 7.01. The van der Waals surface area contributed by atoms with Crippen LogP contribution >= 0.6 is 0 Å². The summed E-state index contributed by atoms with van der Waals surface area (Å²) in [6, 6.07) is 9.11. The third-order valence-corrected chi connectivity index (χ3v) is 4.46. The number of hydrogen-bond donors (Lipinski definition) is 0. The molecule has 0 aliphatic heterocycles. The first-order valence-electron chi connectivity index (χ1n) is 6.36. The molecule has 0 amide bonds. The number of benzene rings is 1. The molecule has 0 heteroatoms. The molecule has 2 rings (SSSR count). The minimum absolute atomic E-state index is 0.483. The molecule has 0 nitrogen and oxygen atoms in total. The van der Waals surface area contributed by atoms with Crippen LogP contribution in [0.25, 0.3) is 0 Å². The molecule has 15 heavy (non-hydrogen) atoms. The van der Waals surface area contributed by atoms with E-state index in [-0.39, 0.29) is 0 Å². The SMILES string of the molecule is CCC1CC(CC)(CC)c2ccccc21. The van der Waals surface area contributed by atoms with Gasteiger partial charge < -0.3 is 0 Å². The lowest BCUT2D eigenvalue weighted by atomic mass is 9.76. The first kappa shape index (κ1) is 10.7. The zero-order valence-corrected chi connectivity index (χ0v) is 10.2. The predicted molar refractivity (Wildman–Crippen MR) is 66.4 cm³/mol. The molecule has 0 saturated carbocycles. The van der Waals surface area contributed by atoms with Crippen LogP contribution in [0.5, 0.6) is 0 Å². The Morgan fingerprint density at radius 3 is 2.40 bits per heavy atom. The molecule has 1 aromatic rings. The van der Waals surface area contributed by atoms with Crippen LogP contribution in [-0.4, -0.2) is 0 Å². The molecule has 0 spiro atoms. The smallest absolute Gasteiger partial charge is 0.00436 e. The molecule has 0 N–H and O–H groups in total. The predicted octanol–water partition coefficient (Wildman–Crippen LogP) is 4.64. The van der Waals surface area contributed by atoms with E-state index >= 15 is 0 Å². The van der Waals surface area contributed by atoms with Crippen LogP contribution in [0.2, 0.25) is 0 Å². The third-order valence-electron chi connectivity index (χ3n) is 4.46. The van der Waals surface area contributed by atoms with Gasteiger partial charge in [0.2, 0.25) is 0 Å². The highest BCUT2D eigenvalue weighted by atomic mass is 14.4. The summed E-state index contributed by atoms with van der Waals surface area (Å²) in [5.74, 6) is 0.807. The number of rotatable bonds is 3. The van der Waals surface area contributed by atoms with E-state index in [1.54, 1.807) is 11.1 Å². The van der Waals surface area contributed by atoms with Gasteiger partial charge in [-0.2, -0.15) is 0 Å². The molecule has 1 atom stereocenters. The number of hydrogen-bond acceptors (Lipinski definition) is 0. The fourth-order valence-corrected chi connectivity index (χ4v) is 3.31. The van der Waals surface area contributed by atoms with Crippen molar-refractivity contribution in [3.8, 4) is 0 Å². The van der Waals surface area contributed by atoms with Crippen LogP contribution in [-0.2, 0) is 5.41 Å². The first-order valence-corrected chi connectivity index (χ1v) is 6.36. The van der Waals surface area contributed by atoms with E-state index in [0.717, 1.165) is 5.92 Å². The van der Waals surface area contributed by atoms with Gasteiger partial charge in [-0.1, -0.05) is 45.0 Å². The Labute approximate surface area is 93.7 Å². The summed E-state index contributed by atoms with van der Waals surface area (Å²) in [4.78, 5) is 0. The molecule has 0 radical (unpaired) electrons. The molecule has 1 aliphatic carbocycles. The minimum Gasteiger partial charge on any atom is -0.0648 e. The van der Waals surface area contributed by atoms with E-state index < -0.39 is 0 Å². The van der Waals surface area contributed by atoms with Gasteiger partial charge in [-0.15, -0.1) is 0 Å². The highest BCUT2D eigenvalue weighted by Crippen LogP contribution is 2.50. The van der Waals surface area contributed by atoms with Gasteiger partial charge >= 0.3 is 0 Å². The van der Waals surface area contributed by atoms with Crippen LogP contribution in [0.15, 0.2) is 24.3 Å². The highest BCUT2D eigenvalue weighted by Gasteiger charge is 2.39. The van der Waals surface area contributed by atoms with Gasteiger partial charge in [-0.25, -0.2) is 0 Å². The monoisotopic (exact) mass is 202 g/mol. The van der Waals surface area contributed by atoms with E-state index in [1.165, 1.54) is 25.7 Å². The fraction of sp³-hybridized carbons (Fsp3) is 0.600. The molecule has 1 aliphatic rings. The fourth-order valence-electron chi connectivity index (χ4n) is 3.31. The molecular formula is C15H22. The Hall–Kier alpha value is -0.780. The minimum atomic E-state index is 0.483. The van der Waals surface area contributed by atoms with Crippen molar-refractivity contribution in [2.45, 2.75) is 57.8 Å². The van der Waals surface area contributed by atoms with Crippen LogP contribution in [0, 0.1) is 0 Å². The summed E-state index contributed by atoms with van der Waals surface area (Å²) in [5.41, 5.74) is 3.75. The van der Waals surface area contributed by atoms with Crippen molar-refractivity contribution in [2.75, 3.05) is 0 Å². The Morgan fingerprint density at radius 2 is 1.80 bits per heavy atom. The second-order valence-corrected chi connectivity index (χ2v) is 4.88. The first-order chi connectivity index (χ1) is 7.27. The summed E-state index contributed by atoms with van der Waals surface area (Å²) in [6.07, 6.45) is 5.24. The molecule has 0 aromatic heterocycles. The average Bonchev–Trinajstić information content (AvgIpc) is 2.64. The van der Waals surface area contributed by atoms with E-state index in [1.807, 2.05) is 0 Å². The Kier molecular flexibility index (Phi) is 2.86. The molecule has 82 valence electrons. The second kappa shape index (κ2) is 4.00. The zero-order chi connectivity index (χ0) is 10.9. The maximum Gasteiger partial charge on any atom is -0.00436 e. The molecular weight excluding hydrogens is 180 g/mol. The van der Waals surface area contributed by atoms with E-state index in [4.69, 9.17) is 0 Å². The van der Waals surface area contributed by atoms with Crippen LogP contribution in [0.1, 0.15) is 63.5 Å². The molecule has 0 heterocycles. The lowest BCUT2D eigenvalue weighted by Crippen LogP contribution is -2.20. The maximum absolute atomic E-state index is 2.36. The number of fused-ring (bicyclic) bond motifs is 1. The third kappa shape index (κ3) is 1.51. The molecule has 0 fully saturated rings. The van der Waals surface area contributed by atoms with Gasteiger partial charge in [0.05, 0.1) is 0 Å². The van der Waals surface area contributed by atoms with Crippen molar-refractivity contribution in [1.82, 2.24) is 0 Å². The highest BCUT2D eigenvalue weighted by molar-refractivity contribution is 5.42. The van der Waals surface area contributed by atoms with Gasteiger partial charge in [-0.05, 0) is 48.1 Å². The Morgan fingerprint density at radius 1 is 1.13 bits per heavy atom. The van der Waals surface area contributed by atoms with Crippen molar-refractivity contribution >= 4 is 0 Å². The van der Waals surface area contributed by atoms with Crippen LogP contribution < -0.4 is 0 Å². The zero-order valence-electron chi connectivity index (χ0n) is 10.2. The van der Waals surface area contributed by atoms with Gasteiger partial charge in [0, 0.05) is 0 Å². The summed E-state index contributed by atoms with van der Waals surface area (Å²) in [5, 5.41) is 0. The van der Waals surface area contributed by atoms with Gasteiger partial charge in [0.25, 0.3) is 0 Å². The summed E-state index contributed by atoms with van der Waals surface area (Å²) in [7, 11) is 0.